The largest absolute Gasteiger partial charge is 0.472 e. The number of ether oxygens (including phenoxy) is 2. The van der Waals surface area contributed by atoms with E-state index < -0.39 is 38.6 Å². The highest BCUT2D eigenvalue weighted by molar-refractivity contribution is 7.47. The molecule has 59 heavy (non-hydrogen) atoms. The van der Waals surface area contributed by atoms with E-state index in [9.17, 15) is 24.2 Å². The number of aliphatic hydroxyl groups excluding tert-OH is 1. The molecule has 0 amide bonds. The van der Waals surface area contributed by atoms with Gasteiger partial charge < -0.3 is 24.0 Å². The number of allylic oxidation sites excluding steroid dienone is 14. The van der Waals surface area contributed by atoms with Crippen molar-refractivity contribution >= 4 is 19.8 Å². The summed E-state index contributed by atoms with van der Waals surface area (Å²) in [7, 11) is 1.39. The number of phosphoric ester groups is 1. The molecule has 0 aliphatic rings. The van der Waals surface area contributed by atoms with Gasteiger partial charge in [-0.25, -0.2) is 4.57 Å². The summed E-state index contributed by atoms with van der Waals surface area (Å²) in [5, 5.41) is 9.84. The van der Waals surface area contributed by atoms with Crippen LogP contribution >= 0.6 is 7.82 Å². The van der Waals surface area contributed by atoms with Crippen LogP contribution in [0.1, 0.15) is 136 Å². The highest BCUT2D eigenvalue weighted by Gasteiger charge is 2.27. The Balaban J connectivity index is 4.56. The Morgan fingerprint density at radius 1 is 0.627 bits per heavy atom. The maximum atomic E-state index is 12.7. The maximum absolute atomic E-state index is 12.7. The Morgan fingerprint density at radius 2 is 1.20 bits per heavy atom. The van der Waals surface area contributed by atoms with Crippen molar-refractivity contribution in [2.24, 2.45) is 0 Å². The Kier molecular flexibility index (Phi) is 37.0. The topological polar surface area (TPSA) is 129 Å². The summed E-state index contributed by atoms with van der Waals surface area (Å²) in [4.78, 5) is 35.3. The third-order valence-corrected chi connectivity index (χ3v) is 9.68. The molecule has 0 aliphatic carbocycles. The van der Waals surface area contributed by atoms with Gasteiger partial charge in [0.1, 0.15) is 19.8 Å². The molecule has 2 N–H and O–H groups in total. The molecule has 3 atom stereocenters. The first-order chi connectivity index (χ1) is 28.4. The second-order valence-electron chi connectivity index (χ2n) is 15.5. The van der Waals surface area contributed by atoms with Crippen LogP contribution in [-0.4, -0.2) is 86.1 Å². The number of carbonyl (C=O) groups excluding carboxylic acids is 2. The number of quaternary nitrogens is 1. The number of esters is 2. The summed E-state index contributed by atoms with van der Waals surface area (Å²) < 4.78 is 34.2. The molecule has 0 heterocycles. The minimum Gasteiger partial charge on any atom is -0.462 e. The molecule has 0 aliphatic heterocycles. The summed E-state index contributed by atoms with van der Waals surface area (Å²) in [5.41, 5.74) is 0. The van der Waals surface area contributed by atoms with Crippen LogP contribution in [0.15, 0.2) is 97.2 Å². The predicted octanol–water partition coefficient (Wildman–Crippen LogP) is 11.5. The third-order valence-electron chi connectivity index (χ3n) is 8.69. The highest BCUT2D eigenvalue weighted by atomic mass is 31.2. The molecule has 0 saturated heterocycles. The van der Waals surface area contributed by atoms with E-state index in [-0.39, 0.29) is 26.1 Å². The Bertz CT molecular complexity index is 1340. The number of phosphoric acid groups is 1. The molecular weight excluding hydrogens is 765 g/mol. The van der Waals surface area contributed by atoms with E-state index in [0.717, 1.165) is 70.6 Å². The van der Waals surface area contributed by atoms with Gasteiger partial charge in [-0.05, 0) is 77.0 Å². The van der Waals surface area contributed by atoms with Crippen molar-refractivity contribution in [2.45, 2.75) is 148 Å². The zero-order valence-corrected chi connectivity index (χ0v) is 38.2. The molecule has 0 aromatic carbocycles. The van der Waals surface area contributed by atoms with Crippen LogP contribution in [0.4, 0.5) is 0 Å². The first-order valence-corrected chi connectivity index (χ1v) is 23.6. The minimum atomic E-state index is -4.41. The van der Waals surface area contributed by atoms with Gasteiger partial charge in [0.2, 0.25) is 0 Å². The van der Waals surface area contributed by atoms with Gasteiger partial charge >= 0.3 is 19.8 Å². The molecule has 0 aromatic heterocycles. The second-order valence-corrected chi connectivity index (χ2v) is 17.0. The van der Waals surface area contributed by atoms with Crippen LogP contribution in [0, 0.1) is 0 Å². The SMILES string of the molecule is CC/C=C\CC(O)/C=C/C=C/C/C=C\C/C=C\C/C=C\CCC(=O)OC[C@H](COP(=O)(O)OCC[N+](C)(C)C)OC(=O)CCCCCCC/C=C\C/C=C\CCCCC. The smallest absolute Gasteiger partial charge is 0.462 e. The molecule has 0 aromatic rings. The fourth-order valence-corrected chi connectivity index (χ4v) is 5.95. The Labute approximate surface area is 358 Å². The first-order valence-electron chi connectivity index (χ1n) is 22.1. The first kappa shape index (κ1) is 55.9. The molecule has 0 bridgehead atoms. The van der Waals surface area contributed by atoms with E-state index in [1.807, 2.05) is 63.7 Å². The summed E-state index contributed by atoms with van der Waals surface area (Å²) >= 11 is 0. The van der Waals surface area contributed by atoms with E-state index in [4.69, 9.17) is 18.5 Å². The van der Waals surface area contributed by atoms with E-state index in [1.165, 1.54) is 19.3 Å². The average molecular weight is 847 g/mol. The number of rotatable bonds is 38. The number of hydrogen-bond acceptors (Lipinski definition) is 8. The second kappa shape index (κ2) is 39.1. The summed E-state index contributed by atoms with van der Waals surface area (Å²) in [6.07, 6.45) is 48.0. The van der Waals surface area contributed by atoms with E-state index in [1.54, 1.807) is 6.08 Å². The Hall–Kier alpha value is -3.11. The molecule has 0 saturated carbocycles. The number of carbonyl (C=O) groups is 2. The lowest BCUT2D eigenvalue weighted by molar-refractivity contribution is -0.870. The lowest BCUT2D eigenvalue weighted by atomic mass is 10.1. The average Bonchev–Trinajstić information content (AvgIpc) is 3.18. The number of unbranched alkanes of at least 4 members (excludes halogenated alkanes) is 8. The molecule has 0 radical (unpaired) electrons. The monoisotopic (exact) mass is 847 g/mol. The lowest BCUT2D eigenvalue weighted by Crippen LogP contribution is -2.37. The fourth-order valence-electron chi connectivity index (χ4n) is 5.21. The number of nitrogens with zero attached hydrogens (tertiary/aromatic N) is 1. The van der Waals surface area contributed by atoms with Crippen LogP contribution in [0.5, 0.6) is 0 Å². The van der Waals surface area contributed by atoms with Crippen LogP contribution < -0.4 is 0 Å². The van der Waals surface area contributed by atoms with Crippen molar-refractivity contribution in [1.82, 2.24) is 0 Å². The van der Waals surface area contributed by atoms with Gasteiger partial charge in [-0.15, -0.1) is 0 Å². The molecule has 336 valence electrons. The van der Waals surface area contributed by atoms with Gasteiger partial charge in [-0.1, -0.05) is 143 Å². The maximum Gasteiger partial charge on any atom is 0.472 e. The molecule has 10 nitrogen and oxygen atoms in total. The zero-order valence-electron chi connectivity index (χ0n) is 37.3. The number of aliphatic hydroxyl groups is 1. The molecule has 0 fully saturated rings. The van der Waals surface area contributed by atoms with Gasteiger partial charge in [0.05, 0.1) is 33.9 Å². The fraction of sp³-hybridized carbons (Fsp3) is 0.625. The van der Waals surface area contributed by atoms with Crippen molar-refractivity contribution < 1.29 is 47.2 Å². The molecule has 11 heteroatoms. The van der Waals surface area contributed by atoms with Crippen LogP contribution in [0.2, 0.25) is 0 Å². The molecule has 0 rings (SSSR count). The molecule has 2 unspecified atom stereocenters. The van der Waals surface area contributed by atoms with Crippen molar-refractivity contribution in [3.05, 3.63) is 97.2 Å². The van der Waals surface area contributed by atoms with Crippen molar-refractivity contribution in [1.29, 1.82) is 0 Å². The van der Waals surface area contributed by atoms with Crippen LogP contribution in [0.3, 0.4) is 0 Å². The molecular formula is C48H81NO9P+. The summed E-state index contributed by atoms with van der Waals surface area (Å²) in [6.45, 7) is 4.04. The van der Waals surface area contributed by atoms with Crippen molar-refractivity contribution in [3.8, 4) is 0 Å². The standard InChI is InChI=1S/C48H80NO9P/c1-6-8-10-11-12-13-14-15-16-19-23-26-29-32-36-40-48(52)58-46(44-57-59(53,54)56-42-41-49(3,4)5)43-55-47(51)39-35-31-28-25-22-20-17-18-21-24-27-30-34-38-45(50)37-33-9-7-2/h9,12-13,15-16,18,20-22,27-28,30-31,33-34,38,45-46,50H,6-8,10-11,14,17,19,23-26,29,32,35-37,39-44H2,1-5H3/p+1/b13-12-,16-15-,21-18-,22-20-,30-27+,31-28-,33-9-,38-34+/t45?,46-/m1/s1. The lowest BCUT2D eigenvalue weighted by Gasteiger charge is -2.24. The third kappa shape index (κ3) is 42.8. The van der Waals surface area contributed by atoms with Gasteiger partial charge in [-0.2, -0.15) is 0 Å². The van der Waals surface area contributed by atoms with E-state index >= 15 is 0 Å². The minimum absolute atomic E-state index is 0.00551. The number of hydrogen-bond donors (Lipinski definition) is 2. The highest BCUT2D eigenvalue weighted by Crippen LogP contribution is 2.43. The van der Waals surface area contributed by atoms with Crippen LogP contribution in [-0.2, 0) is 32.7 Å². The normalized spacial score (nSPS) is 15.0. The molecule has 0 spiro atoms. The van der Waals surface area contributed by atoms with Crippen LogP contribution in [0.25, 0.3) is 0 Å². The van der Waals surface area contributed by atoms with Gasteiger partial charge in [0.25, 0.3) is 0 Å². The summed E-state index contributed by atoms with van der Waals surface area (Å²) in [6, 6.07) is 0. The quantitative estimate of drug-likeness (QED) is 0.0156. The number of likely N-dealkylation sites (N-methyl/N-ethyl adjacent to an activating group) is 1. The van der Waals surface area contributed by atoms with Gasteiger partial charge in [-0.3, -0.25) is 18.6 Å². The zero-order chi connectivity index (χ0) is 43.7. The van der Waals surface area contributed by atoms with Gasteiger partial charge in [0, 0.05) is 12.8 Å². The van der Waals surface area contributed by atoms with Crippen molar-refractivity contribution in [3.63, 3.8) is 0 Å². The van der Waals surface area contributed by atoms with Crippen molar-refractivity contribution in [2.75, 3.05) is 47.5 Å². The predicted molar refractivity (Wildman–Crippen MR) is 244 cm³/mol. The summed E-state index contributed by atoms with van der Waals surface area (Å²) in [5.74, 6) is -0.945. The van der Waals surface area contributed by atoms with E-state index in [0.29, 0.717) is 30.3 Å². The van der Waals surface area contributed by atoms with E-state index in [2.05, 4.69) is 62.5 Å². The Morgan fingerprint density at radius 3 is 1.83 bits per heavy atom. The van der Waals surface area contributed by atoms with Gasteiger partial charge in [0.15, 0.2) is 6.10 Å².